The lowest BCUT2D eigenvalue weighted by Crippen LogP contribution is -2.04. The molecule has 19 heavy (non-hydrogen) atoms. The Balaban J connectivity index is 2.17. The van der Waals surface area contributed by atoms with Crippen LogP contribution in [0.25, 0.3) is 0 Å². The normalized spacial score (nSPS) is 12.2. The molecule has 2 nitrogen and oxygen atoms in total. The van der Waals surface area contributed by atoms with Crippen LogP contribution in [-0.4, -0.2) is 12.2 Å². The molecule has 0 heterocycles. The lowest BCUT2D eigenvalue weighted by atomic mass is 9.98. The smallest absolute Gasteiger partial charge is 0.119 e. The van der Waals surface area contributed by atoms with E-state index in [0.717, 1.165) is 22.4 Å². The first-order valence-electron chi connectivity index (χ1n) is 6.17. The Bertz CT molecular complexity index is 566. The molecule has 1 atom stereocenters. The zero-order chi connectivity index (χ0) is 13.8. The van der Waals surface area contributed by atoms with Crippen molar-refractivity contribution in [3.05, 3.63) is 64.2 Å². The fourth-order valence-electron chi connectivity index (χ4n) is 2.15. The second-order valence-electron chi connectivity index (χ2n) is 4.57. The second kappa shape index (κ2) is 6.09. The summed E-state index contributed by atoms with van der Waals surface area (Å²) in [6, 6.07) is 13.3. The molecule has 2 rings (SSSR count). The molecule has 0 fully saturated rings. The van der Waals surface area contributed by atoms with Gasteiger partial charge in [0.15, 0.2) is 0 Å². The van der Waals surface area contributed by atoms with E-state index in [4.69, 9.17) is 16.3 Å². The summed E-state index contributed by atoms with van der Waals surface area (Å²) in [7, 11) is 1.64. The Hall–Kier alpha value is -1.51. The van der Waals surface area contributed by atoms with Crippen molar-refractivity contribution in [2.45, 2.75) is 19.4 Å². The van der Waals surface area contributed by atoms with Gasteiger partial charge in [0.1, 0.15) is 5.75 Å². The van der Waals surface area contributed by atoms with Gasteiger partial charge in [0.25, 0.3) is 0 Å². The molecular formula is C16H17ClO2. The summed E-state index contributed by atoms with van der Waals surface area (Å²) in [6.07, 6.45) is 0.0176. The van der Waals surface area contributed by atoms with E-state index >= 15 is 0 Å². The van der Waals surface area contributed by atoms with E-state index in [2.05, 4.69) is 0 Å². The van der Waals surface area contributed by atoms with Gasteiger partial charge in [-0.05, 0) is 47.9 Å². The number of hydrogen-bond acceptors (Lipinski definition) is 2. The van der Waals surface area contributed by atoms with E-state index in [1.165, 1.54) is 0 Å². The molecular weight excluding hydrogens is 260 g/mol. The number of methoxy groups -OCH3 is 1. The van der Waals surface area contributed by atoms with E-state index in [9.17, 15) is 5.11 Å². The maximum absolute atomic E-state index is 10.3. The summed E-state index contributed by atoms with van der Waals surface area (Å²) in [5.74, 6) is 0.803. The monoisotopic (exact) mass is 276 g/mol. The first-order valence-corrected chi connectivity index (χ1v) is 6.55. The van der Waals surface area contributed by atoms with Crippen LogP contribution in [0.4, 0.5) is 0 Å². The highest BCUT2D eigenvalue weighted by Gasteiger charge is 2.12. The minimum atomic E-state index is -0.538. The van der Waals surface area contributed by atoms with Gasteiger partial charge < -0.3 is 9.84 Å². The Kier molecular flexibility index (Phi) is 4.46. The van der Waals surface area contributed by atoms with Crippen molar-refractivity contribution in [2.24, 2.45) is 0 Å². The van der Waals surface area contributed by atoms with Crippen LogP contribution in [0.3, 0.4) is 0 Å². The van der Waals surface area contributed by atoms with E-state index in [1.54, 1.807) is 13.2 Å². The van der Waals surface area contributed by atoms with Crippen LogP contribution in [0.5, 0.6) is 5.75 Å². The largest absolute Gasteiger partial charge is 0.497 e. The van der Waals surface area contributed by atoms with Crippen molar-refractivity contribution in [1.29, 1.82) is 0 Å². The van der Waals surface area contributed by atoms with Gasteiger partial charge in [-0.15, -0.1) is 0 Å². The number of ether oxygens (including phenoxy) is 1. The van der Waals surface area contributed by atoms with Crippen LogP contribution in [0.15, 0.2) is 42.5 Å². The lowest BCUT2D eigenvalue weighted by molar-refractivity contribution is 0.177. The Morgan fingerprint density at radius 3 is 2.68 bits per heavy atom. The van der Waals surface area contributed by atoms with Crippen LogP contribution >= 0.6 is 11.6 Å². The molecule has 100 valence electrons. The molecule has 1 N–H and O–H groups in total. The van der Waals surface area contributed by atoms with Crippen LogP contribution in [0, 0.1) is 6.92 Å². The highest BCUT2D eigenvalue weighted by Crippen LogP contribution is 2.25. The van der Waals surface area contributed by atoms with Gasteiger partial charge in [0, 0.05) is 11.4 Å². The highest BCUT2D eigenvalue weighted by atomic mass is 35.5. The summed E-state index contributed by atoms with van der Waals surface area (Å²) in [6.45, 7) is 1.95. The SMILES string of the molecule is COc1cccc(CC(O)c2ccc(Cl)cc2C)c1. The minimum absolute atomic E-state index is 0.538. The van der Waals surface area contributed by atoms with E-state index in [1.807, 2.05) is 43.3 Å². The fraction of sp³-hybridized carbons (Fsp3) is 0.250. The van der Waals surface area contributed by atoms with Crippen LogP contribution in [0.2, 0.25) is 5.02 Å². The standard InChI is InChI=1S/C16H17ClO2/c1-11-8-13(17)6-7-15(11)16(18)10-12-4-3-5-14(9-12)19-2/h3-9,16,18H,10H2,1-2H3. The Morgan fingerprint density at radius 1 is 1.21 bits per heavy atom. The molecule has 2 aromatic rings. The predicted molar refractivity (Wildman–Crippen MR) is 77.8 cm³/mol. The average molecular weight is 277 g/mol. The molecule has 0 bridgehead atoms. The molecule has 0 amide bonds. The van der Waals surface area contributed by atoms with Gasteiger partial charge in [-0.2, -0.15) is 0 Å². The molecule has 3 heteroatoms. The lowest BCUT2D eigenvalue weighted by Gasteiger charge is -2.14. The molecule has 1 unspecified atom stereocenters. The molecule has 0 aromatic heterocycles. The number of aryl methyl sites for hydroxylation is 1. The molecule has 2 aromatic carbocycles. The maximum Gasteiger partial charge on any atom is 0.119 e. The topological polar surface area (TPSA) is 29.5 Å². The average Bonchev–Trinajstić information content (AvgIpc) is 2.38. The van der Waals surface area contributed by atoms with Crippen molar-refractivity contribution >= 4 is 11.6 Å². The minimum Gasteiger partial charge on any atom is -0.497 e. The molecule has 0 aliphatic carbocycles. The van der Waals surface area contributed by atoms with Crippen molar-refractivity contribution in [1.82, 2.24) is 0 Å². The van der Waals surface area contributed by atoms with Gasteiger partial charge in [-0.25, -0.2) is 0 Å². The van der Waals surface area contributed by atoms with E-state index < -0.39 is 6.10 Å². The third-order valence-corrected chi connectivity index (χ3v) is 3.39. The summed E-state index contributed by atoms with van der Waals surface area (Å²) in [5, 5.41) is 11.0. The Labute approximate surface area is 118 Å². The summed E-state index contributed by atoms with van der Waals surface area (Å²) >= 11 is 5.92. The number of hydrogen-bond donors (Lipinski definition) is 1. The first kappa shape index (κ1) is 13.9. The zero-order valence-corrected chi connectivity index (χ0v) is 11.8. The van der Waals surface area contributed by atoms with Gasteiger partial charge in [-0.3, -0.25) is 0 Å². The third kappa shape index (κ3) is 3.49. The predicted octanol–water partition coefficient (Wildman–Crippen LogP) is 3.93. The van der Waals surface area contributed by atoms with Crippen molar-refractivity contribution in [2.75, 3.05) is 7.11 Å². The zero-order valence-electron chi connectivity index (χ0n) is 11.1. The van der Waals surface area contributed by atoms with E-state index in [-0.39, 0.29) is 0 Å². The van der Waals surface area contributed by atoms with Gasteiger partial charge >= 0.3 is 0 Å². The number of halogens is 1. The molecule has 0 aliphatic heterocycles. The quantitative estimate of drug-likeness (QED) is 0.917. The fourth-order valence-corrected chi connectivity index (χ4v) is 2.37. The van der Waals surface area contributed by atoms with Crippen LogP contribution in [-0.2, 0) is 6.42 Å². The summed E-state index contributed by atoms with van der Waals surface area (Å²) < 4.78 is 5.18. The molecule has 0 saturated heterocycles. The highest BCUT2D eigenvalue weighted by molar-refractivity contribution is 6.30. The molecule has 0 saturated carbocycles. The molecule has 0 spiro atoms. The number of rotatable bonds is 4. The first-order chi connectivity index (χ1) is 9.10. The maximum atomic E-state index is 10.3. The number of benzene rings is 2. The van der Waals surface area contributed by atoms with E-state index in [0.29, 0.717) is 11.4 Å². The van der Waals surface area contributed by atoms with Crippen LogP contribution in [0.1, 0.15) is 22.8 Å². The number of aliphatic hydroxyl groups is 1. The van der Waals surface area contributed by atoms with Crippen LogP contribution < -0.4 is 4.74 Å². The molecule has 0 aliphatic rings. The van der Waals surface area contributed by atoms with Gasteiger partial charge in [0.05, 0.1) is 13.2 Å². The third-order valence-electron chi connectivity index (χ3n) is 3.15. The van der Waals surface area contributed by atoms with Crippen molar-refractivity contribution in [3.63, 3.8) is 0 Å². The van der Waals surface area contributed by atoms with Crippen molar-refractivity contribution < 1.29 is 9.84 Å². The second-order valence-corrected chi connectivity index (χ2v) is 5.01. The summed E-state index contributed by atoms with van der Waals surface area (Å²) in [5.41, 5.74) is 2.95. The van der Waals surface area contributed by atoms with Gasteiger partial charge in [-0.1, -0.05) is 29.8 Å². The van der Waals surface area contributed by atoms with Crippen molar-refractivity contribution in [3.8, 4) is 5.75 Å². The van der Waals surface area contributed by atoms with Gasteiger partial charge in [0.2, 0.25) is 0 Å². The summed E-state index contributed by atoms with van der Waals surface area (Å²) in [4.78, 5) is 0. The Morgan fingerprint density at radius 2 is 2.00 bits per heavy atom. The molecule has 0 radical (unpaired) electrons. The number of aliphatic hydroxyl groups excluding tert-OH is 1.